The van der Waals surface area contributed by atoms with Gasteiger partial charge in [0.05, 0.1) is 27.6 Å². The first-order valence-electron chi connectivity index (χ1n) is 12.0. The molecule has 0 amide bonds. The van der Waals surface area contributed by atoms with E-state index in [-0.39, 0.29) is 23.2 Å². The maximum Gasteiger partial charge on any atom is 0.329 e. The summed E-state index contributed by atoms with van der Waals surface area (Å²) in [5.74, 6) is -0.311. The zero-order chi connectivity index (χ0) is 25.2. The fourth-order valence-corrected chi connectivity index (χ4v) is 5.29. The molecular weight excluding hydrogens is 500 g/mol. The molecule has 3 aromatic carbocycles. The molecule has 186 valence electrons. The van der Waals surface area contributed by atoms with Crippen molar-refractivity contribution in [3.63, 3.8) is 0 Å². The Kier molecular flexibility index (Phi) is 7.28. The van der Waals surface area contributed by atoms with Crippen molar-refractivity contribution in [3.8, 4) is 0 Å². The van der Waals surface area contributed by atoms with Crippen LogP contribution in [0.15, 0.2) is 71.5 Å². The van der Waals surface area contributed by atoms with Gasteiger partial charge in [0.15, 0.2) is 5.78 Å². The Hall–Kier alpha value is -2.93. The third kappa shape index (κ3) is 5.12. The standard InChI is InChI=1S/C28H26Cl2FN3O2/c29-23-10-5-19(17-24(23)30)18-34-26-4-2-1-3-25(26)33(28(34)36)16-15-32-13-11-21(12-14-32)27(35)20-6-8-22(31)9-7-20/h1-10,17,21H,11-16,18H2. The molecule has 5 rings (SSSR count). The lowest BCUT2D eigenvalue weighted by Crippen LogP contribution is -2.39. The van der Waals surface area contributed by atoms with Gasteiger partial charge in [-0.05, 0) is 80.0 Å². The van der Waals surface area contributed by atoms with E-state index in [1.165, 1.54) is 12.1 Å². The molecule has 0 unspecified atom stereocenters. The van der Waals surface area contributed by atoms with Crippen LogP contribution in [-0.4, -0.2) is 39.5 Å². The average Bonchev–Trinajstić information content (AvgIpc) is 3.16. The molecule has 0 atom stereocenters. The van der Waals surface area contributed by atoms with Crippen LogP contribution in [0.5, 0.6) is 0 Å². The van der Waals surface area contributed by atoms with Gasteiger partial charge in [-0.15, -0.1) is 0 Å². The molecule has 0 spiro atoms. The fraction of sp³-hybridized carbons (Fsp3) is 0.286. The lowest BCUT2D eigenvalue weighted by Gasteiger charge is -2.31. The molecule has 0 radical (unpaired) electrons. The predicted octanol–water partition coefficient (Wildman–Crippen LogP) is 5.89. The van der Waals surface area contributed by atoms with Gasteiger partial charge in [0.25, 0.3) is 0 Å². The number of rotatable bonds is 7. The first-order chi connectivity index (χ1) is 17.4. The summed E-state index contributed by atoms with van der Waals surface area (Å²) in [7, 11) is 0. The smallest absolute Gasteiger partial charge is 0.302 e. The summed E-state index contributed by atoms with van der Waals surface area (Å²) in [4.78, 5) is 28.5. The second-order valence-electron chi connectivity index (χ2n) is 9.24. The van der Waals surface area contributed by atoms with Crippen molar-refractivity contribution >= 4 is 40.0 Å². The third-order valence-corrected chi connectivity index (χ3v) is 7.72. The van der Waals surface area contributed by atoms with Gasteiger partial charge >= 0.3 is 5.69 Å². The SMILES string of the molecule is O=C(c1ccc(F)cc1)C1CCN(CCn2c(=O)n(Cc3ccc(Cl)c(Cl)c3)c3ccccc32)CC1. The van der Waals surface area contributed by atoms with Crippen molar-refractivity contribution in [2.24, 2.45) is 5.92 Å². The second-order valence-corrected chi connectivity index (χ2v) is 10.1. The number of hydrogen-bond donors (Lipinski definition) is 0. The molecule has 8 heteroatoms. The van der Waals surface area contributed by atoms with E-state index in [4.69, 9.17) is 23.2 Å². The van der Waals surface area contributed by atoms with E-state index in [1.807, 2.05) is 34.9 Å². The topological polar surface area (TPSA) is 47.2 Å². The number of ketones is 1. The lowest BCUT2D eigenvalue weighted by molar-refractivity contribution is 0.0837. The molecule has 5 nitrogen and oxygen atoms in total. The molecule has 0 saturated carbocycles. The summed E-state index contributed by atoms with van der Waals surface area (Å²) in [6.45, 7) is 3.26. The molecule has 0 aliphatic carbocycles. The van der Waals surface area contributed by atoms with Crippen LogP contribution < -0.4 is 5.69 Å². The molecule has 0 bridgehead atoms. The number of benzene rings is 3. The third-order valence-electron chi connectivity index (χ3n) is 6.98. The number of piperidine rings is 1. The number of likely N-dealkylation sites (tertiary alicyclic amines) is 1. The summed E-state index contributed by atoms with van der Waals surface area (Å²) in [5.41, 5.74) is 3.17. The van der Waals surface area contributed by atoms with Gasteiger partial charge < -0.3 is 4.90 Å². The number of carbonyl (C=O) groups is 1. The fourth-order valence-electron chi connectivity index (χ4n) is 4.97. The van der Waals surface area contributed by atoms with Crippen LogP contribution in [-0.2, 0) is 13.1 Å². The number of hydrogen-bond acceptors (Lipinski definition) is 3. The molecule has 1 aliphatic heterocycles. The highest BCUT2D eigenvalue weighted by Crippen LogP contribution is 2.24. The van der Waals surface area contributed by atoms with Crippen molar-refractivity contribution in [2.75, 3.05) is 19.6 Å². The molecule has 1 saturated heterocycles. The minimum atomic E-state index is -0.338. The normalized spacial score (nSPS) is 15.0. The molecule has 0 N–H and O–H groups in total. The first-order valence-corrected chi connectivity index (χ1v) is 12.8. The van der Waals surface area contributed by atoms with Gasteiger partial charge in [0, 0.05) is 24.6 Å². The maximum atomic E-state index is 13.4. The quantitative estimate of drug-likeness (QED) is 0.282. The number of para-hydroxylation sites is 2. The van der Waals surface area contributed by atoms with Crippen molar-refractivity contribution in [1.82, 2.24) is 14.0 Å². The van der Waals surface area contributed by atoms with Gasteiger partial charge in [-0.2, -0.15) is 0 Å². The van der Waals surface area contributed by atoms with Crippen molar-refractivity contribution in [3.05, 3.63) is 104 Å². The van der Waals surface area contributed by atoms with Crippen LogP contribution in [0, 0.1) is 11.7 Å². The van der Waals surface area contributed by atoms with Crippen molar-refractivity contribution in [2.45, 2.75) is 25.9 Å². The molecule has 1 aromatic heterocycles. The van der Waals surface area contributed by atoms with Crippen LogP contribution in [0.3, 0.4) is 0 Å². The monoisotopic (exact) mass is 525 g/mol. The van der Waals surface area contributed by atoms with Crippen LogP contribution in [0.2, 0.25) is 10.0 Å². The number of imidazole rings is 1. The highest BCUT2D eigenvalue weighted by molar-refractivity contribution is 6.42. The highest BCUT2D eigenvalue weighted by Gasteiger charge is 2.26. The van der Waals surface area contributed by atoms with E-state index in [0.717, 1.165) is 49.1 Å². The zero-order valence-corrected chi connectivity index (χ0v) is 21.2. The van der Waals surface area contributed by atoms with Crippen LogP contribution in [0.1, 0.15) is 28.8 Å². The van der Waals surface area contributed by atoms with Crippen LogP contribution in [0.25, 0.3) is 11.0 Å². The summed E-state index contributed by atoms with van der Waals surface area (Å²) >= 11 is 12.2. The van der Waals surface area contributed by atoms with Gasteiger partial charge in [0.1, 0.15) is 5.82 Å². The highest BCUT2D eigenvalue weighted by atomic mass is 35.5. The first kappa shape index (κ1) is 24.8. The minimum Gasteiger partial charge on any atom is -0.302 e. The van der Waals surface area contributed by atoms with E-state index in [9.17, 15) is 14.0 Å². The van der Waals surface area contributed by atoms with Crippen LogP contribution in [0.4, 0.5) is 4.39 Å². The number of Topliss-reactive ketones (excluding diaryl/α,β-unsaturated/α-hetero) is 1. The summed E-state index contributed by atoms with van der Waals surface area (Å²) < 4.78 is 16.8. The Morgan fingerprint density at radius 3 is 2.19 bits per heavy atom. The molecule has 1 fully saturated rings. The average molecular weight is 526 g/mol. The van der Waals surface area contributed by atoms with E-state index in [2.05, 4.69) is 4.90 Å². The number of halogens is 3. The largest absolute Gasteiger partial charge is 0.329 e. The van der Waals surface area contributed by atoms with E-state index < -0.39 is 0 Å². The van der Waals surface area contributed by atoms with E-state index >= 15 is 0 Å². The predicted molar refractivity (Wildman–Crippen MR) is 142 cm³/mol. The van der Waals surface area contributed by atoms with Crippen molar-refractivity contribution in [1.29, 1.82) is 0 Å². The Bertz CT molecular complexity index is 1450. The van der Waals surface area contributed by atoms with Gasteiger partial charge in [-0.3, -0.25) is 13.9 Å². The van der Waals surface area contributed by atoms with Crippen molar-refractivity contribution < 1.29 is 9.18 Å². The number of aromatic nitrogens is 2. The Labute approximate surface area is 218 Å². The number of carbonyl (C=O) groups excluding carboxylic acids is 1. The molecular formula is C28H26Cl2FN3O2. The van der Waals surface area contributed by atoms with Gasteiger partial charge in [0.2, 0.25) is 0 Å². The summed E-state index contributed by atoms with van der Waals surface area (Å²) in [6, 6.07) is 19.0. The zero-order valence-electron chi connectivity index (χ0n) is 19.7. The summed E-state index contributed by atoms with van der Waals surface area (Å²) in [6.07, 6.45) is 1.51. The molecule has 1 aliphatic rings. The molecule has 2 heterocycles. The molecule has 4 aromatic rings. The van der Waals surface area contributed by atoms with Gasteiger partial charge in [-0.1, -0.05) is 41.4 Å². The van der Waals surface area contributed by atoms with E-state index in [0.29, 0.717) is 28.7 Å². The van der Waals surface area contributed by atoms with Gasteiger partial charge in [-0.25, -0.2) is 9.18 Å². The Morgan fingerprint density at radius 1 is 0.861 bits per heavy atom. The number of nitrogens with zero attached hydrogens (tertiary/aromatic N) is 3. The second kappa shape index (κ2) is 10.6. The Morgan fingerprint density at radius 2 is 1.53 bits per heavy atom. The van der Waals surface area contributed by atoms with E-state index in [1.54, 1.807) is 28.8 Å². The Balaban J connectivity index is 1.27. The van der Waals surface area contributed by atoms with Crippen LogP contribution >= 0.6 is 23.2 Å². The minimum absolute atomic E-state index is 0.0532. The lowest BCUT2D eigenvalue weighted by atomic mass is 9.89. The number of fused-ring (bicyclic) bond motifs is 1. The summed E-state index contributed by atoms with van der Waals surface area (Å²) in [5, 5.41) is 0.950. The molecule has 36 heavy (non-hydrogen) atoms. The maximum absolute atomic E-state index is 13.4.